The number of hydrogen-bond donors (Lipinski definition) is 1. The number of nitrogens with zero attached hydrogens (tertiary/aromatic N) is 5. The van der Waals surface area contributed by atoms with E-state index in [0.29, 0.717) is 30.3 Å². The van der Waals surface area contributed by atoms with Crippen LogP contribution in [0.4, 0.5) is 11.4 Å². The van der Waals surface area contributed by atoms with Crippen molar-refractivity contribution >= 4 is 22.9 Å². The second-order valence-corrected chi connectivity index (χ2v) is 7.82. The number of carbonyl (C=O) groups is 1. The van der Waals surface area contributed by atoms with E-state index in [2.05, 4.69) is 33.3 Å². The fraction of sp³-hybridized carbons (Fsp3) is 0.391. The third-order valence-electron chi connectivity index (χ3n) is 5.39. The molecule has 2 aliphatic heterocycles. The predicted octanol–water partition coefficient (Wildman–Crippen LogP) is 2.92. The SMILES string of the molecule is CC#N.CC1COc2cc(N3CCOCC3)c(NC(=O)c3cnn4cccnc34)cc2C1. The first-order valence-corrected chi connectivity index (χ1v) is 10.6. The van der Waals surface area contributed by atoms with Crippen LogP contribution in [-0.4, -0.2) is 53.4 Å². The number of anilines is 2. The van der Waals surface area contributed by atoms with Gasteiger partial charge in [0.2, 0.25) is 0 Å². The molecular formula is C23H26N6O3. The summed E-state index contributed by atoms with van der Waals surface area (Å²) in [4.78, 5) is 19.6. The van der Waals surface area contributed by atoms with Gasteiger partial charge in [0.05, 0.1) is 43.5 Å². The van der Waals surface area contributed by atoms with Crippen molar-refractivity contribution in [2.45, 2.75) is 20.3 Å². The highest BCUT2D eigenvalue weighted by Crippen LogP contribution is 2.38. The molecule has 1 unspecified atom stereocenters. The monoisotopic (exact) mass is 434 g/mol. The highest BCUT2D eigenvalue weighted by Gasteiger charge is 2.24. The van der Waals surface area contributed by atoms with E-state index in [1.807, 2.05) is 6.07 Å². The third-order valence-corrected chi connectivity index (χ3v) is 5.39. The normalized spacial score (nSPS) is 17.4. The van der Waals surface area contributed by atoms with Crippen LogP contribution in [-0.2, 0) is 11.2 Å². The molecule has 1 amide bonds. The standard InChI is InChI=1S/C21H23N5O3.C2H3N/c1-14-9-15-10-17(18(11-19(15)29-13-14)25-5-7-28-8-6-25)24-21(27)16-12-23-26-4-2-3-22-20(16)26;1-2-3/h2-4,10-12,14H,5-9,13H2,1H3,(H,24,27);1H3. The lowest BCUT2D eigenvalue weighted by Gasteiger charge is -2.32. The molecule has 5 rings (SSSR count). The van der Waals surface area contributed by atoms with Crippen molar-refractivity contribution < 1.29 is 14.3 Å². The van der Waals surface area contributed by atoms with Crippen LogP contribution in [0.5, 0.6) is 5.75 Å². The average molecular weight is 435 g/mol. The van der Waals surface area contributed by atoms with E-state index in [1.165, 1.54) is 6.92 Å². The first-order valence-electron chi connectivity index (χ1n) is 10.6. The highest BCUT2D eigenvalue weighted by molar-refractivity contribution is 6.09. The molecule has 4 heterocycles. The summed E-state index contributed by atoms with van der Waals surface area (Å²) >= 11 is 0. The number of benzene rings is 1. The van der Waals surface area contributed by atoms with Crippen molar-refractivity contribution in [3.63, 3.8) is 0 Å². The predicted molar refractivity (Wildman–Crippen MR) is 120 cm³/mol. The molecule has 9 nitrogen and oxygen atoms in total. The molecule has 0 saturated carbocycles. The number of morpholine rings is 1. The van der Waals surface area contributed by atoms with Crippen LogP contribution in [0.25, 0.3) is 5.65 Å². The van der Waals surface area contributed by atoms with Crippen molar-refractivity contribution in [3.8, 4) is 11.8 Å². The summed E-state index contributed by atoms with van der Waals surface area (Å²) < 4.78 is 13.1. The molecule has 0 bridgehead atoms. The summed E-state index contributed by atoms with van der Waals surface area (Å²) in [7, 11) is 0. The van der Waals surface area contributed by atoms with E-state index in [9.17, 15) is 4.79 Å². The van der Waals surface area contributed by atoms with Crippen LogP contribution < -0.4 is 15.0 Å². The van der Waals surface area contributed by atoms with Crippen molar-refractivity contribution in [3.05, 3.63) is 47.9 Å². The molecule has 1 atom stereocenters. The quantitative estimate of drug-likeness (QED) is 0.676. The molecule has 3 aromatic rings. The summed E-state index contributed by atoms with van der Waals surface area (Å²) in [5, 5.41) is 14.6. The first kappa shape index (κ1) is 21.6. The van der Waals surface area contributed by atoms with Gasteiger partial charge in [0, 0.05) is 38.5 Å². The molecule has 0 aliphatic carbocycles. The lowest BCUT2D eigenvalue weighted by Crippen LogP contribution is -2.37. The lowest BCUT2D eigenvalue weighted by molar-refractivity contribution is 0.102. The van der Waals surface area contributed by atoms with E-state index in [0.717, 1.165) is 48.8 Å². The maximum absolute atomic E-state index is 13.1. The number of ether oxygens (including phenoxy) is 2. The van der Waals surface area contributed by atoms with Crippen LogP contribution in [0.15, 0.2) is 36.8 Å². The number of amides is 1. The van der Waals surface area contributed by atoms with E-state index < -0.39 is 0 Å². The van der Waals surface area contributed by atoms with Gasteiger partial charge in [-0.05, 0) is 30.0 Å². The number of carbonyl (C=O) groups excluding carboxylic acids is 1. The maximum Gasteiger partial charge on any atom is 0.261 e. The zero-order valence-corrected chi connectivity index (χ0v) is 18.2. The molecule has 1 N–H and O–H groups in total. The second-order valence-electron chi connectivity index (χ2n) is 7.82. The Kier molecular flexibility index (Phi) is 6.52. The fourth-order valence-corrected chi connectivity index (χ4v) is 3.92. The Labute approximate surface area is 186 Å². The summed E-state index contributed by atoms with van der Waals surface area (Å²) in [6.45, 7) is 7.20. The zero-order chi connectivity index (χ0) is 22.5. The van der Waals surface area contributed by atoms with Crippen molar-refractivity contribution in [2.24, 2.45) is 5.92 Å². The topological polar surface area (TPSA) is 105 Å². The molecule has 9 heteroatoms. The van der Waals surface area contributed by atoms with Crippen LogP contribution in [0.2, 0.25) is 0 Å². The lowest BCUT2D eigenvalue weighted by atomic mass is 9.97. The Balaban J connectivity index is 0.000000775. The molecule has 1 fully saturated rings. The van der Waals surface area contributed by atoms with Crippen LogP contribution in [0.1, 0.15) is 29.8 Å². The van der Waals surface area contributed by atoms with Gasteiger partial charge in [0.15, 0.2) is 5.65 Å². The number of rotatable bonds is 3. The zero-order valence-electron chi connectivity index (χ0n) is 18.2. The molecular weight excluding hydrogens is 408 g/mol. The van der Waals surface area contributed by atoms with Gasteiger partial charge in [0.25, 0.3) is 5.91 Å². The van der Waals surface area contributed by atoms with Crippen LogP contribution >= 0.6 is 0 Å². The molecule has 0 spiro atoms. The Morgan fingerprint density at radius 2 is 2.09 bits per heavy atom. The number of hydrogen-bond acceptors (Lipinski definition) is 7. The highest BCUT2D eigenvalue weighted by atomic mass is 16.5. The number of aromatic nitrogens is 3. The van der Waals surface area contributed by atoms with Crippen LogP contribution in [0, 0.1) is 17.2 Å². The fourth-order valence-electron chi connectivity index (χ4n) is 3.92. The van der Waals surface area contributed by atoms with E-state index in [1.54, 1.807) is 35.2 Å². The third kappa shape index (κ3) is 4.50. The summed E-state index contributed by atoms with van der Waals surface area (Å²) in [5.41, 5.74) is 3.84. The maximum atomic E-state index is 13.1. The van der Waals surface area contributed by atoms with Crippen molar-refractivity contribution in [1.82, 2.24) is 14.6 Å². The average Bonchev–Trinajstić information content (AvgIpc) is 3.24. The summed E-state index contributed by atoms with van der Waals surface area (Å²) in [6.07, 6.45) is 5.91. The van der Waals surface area contributed by atoms with Gasteiger partial charge in [-0.25, -0.2) is 9.50 Å². The number of nitrogens with one attached hydrogen (secondary N) is 1. The van der Waals surface area contributed by atoms with Crippen molar-refractivity contribution in [2.75, 3.05) is 43.1 Å². The van der Waals surface area contributed by atoms with Gasteiger partial charge in [-0.2, -0.15) is 10.4 Å². The first-order chi connectivity index (χ1) is 15.6. The molecule has 2 aliphatic rings. The van der Waals surface area contributed by atoms with Gasteiger partial charge in [-0.1, -0.05) is 6.92 Å². The Morgan fingerprint density at radius 1 is 1.31 bits per heavy atom. The van der Waals surface area contributed by atoms with E-state index >= 15 is 0 Å². The summed E-state index contributed by atoms with van der Waals surface area (Å²) in [5.74, 6) is 1.13. The minimum Gasteiger partial charge on any atom is -0.493 e. The summed E-state index contributed by atoms with van der Waals surface area (Å²) in [6, 6.07) is 7.63. The minimum atomic E-state index is -0.224. The van der Waals surface area contributed by atoms with Gasteiger partial charge in [-0.3, -0.25) is 4.79 Å². The molecule has 1 saturated heterocycles. The van der Waals surface area contributed by atoms with E-state index in [4.69, 9.17) is 14.7 Å². The molecule has 166 valence electrons. The van der Waals surface area contributed by atoms with Gasteiger partial charge in [0.1, 0.15) is 11.3 Å². The van der Waals surface area contributed by atoms with Gasteiger partial charge in [-0.15, -0.1) is 0 Å². The second kappa shape index (κ2) is 9.66. The molecule has 0 radical (unpaired) electrons. The largest absolute Gasteiger partial charge is 0.493 e. The Hall–Kier alpha value is -3.64. The van der Waals surface area contributed by atoms with Crippen LogP contribution in [0.3, 0.4) is 0 Å². The minimum absolute atomic E-state index is 0.224. The molecule has 1 aromatic carbocycles. The molecule has 32 heavy (non-hydrogen) atoms. The van der Waals surface area contributed by atoms with E-state index in [-0.39, 0.29) is 5.91 Å². The molecule has 2 aromatic heterocycles. The van der Waals surface area contributed by atoms with Crippen molar-refractivity contribution in [1.29, 1.82) is 5.26 Å². The smallest absolute Gasteiger partial charge is 0.261 e. The van der Waals surface area contributed by atoms with Gasteiger partial charge < -0.3 is 19.7 Å². The number of fused-ring (bicyclic) bond motifs is 2. The Morgan fingerprint density at radius 3 is 2.88 bits per heavy atom. The Bertz CT molecular complexity index is 1150. The number of nitriles is 1. The van der Waals surface area contributed by atoms with Gasteiger partial charge >= 0.3 is 0 Å².